The Morgan fingerprint density at radius 3 is 2.77 bits per heavy atom. The van der Waals surface area contributed by atoms with E-state index in [-0.39, 0.29) is 0 Å². The fourth-order valence-electron chi connectivity index (χ4n) is 1.14. The van der Waals surface area contributed by atoms with Crippen molar-refractivity contribution in [3.05, 3.63) is 41.6 Å². The molecule has 3 heteroatoms. The first-order valence-corrected chi connectivity index (χ1v) is 4.62. The Morgan fingerprint density at radius 1 is 1.23 bits per heavy atom. The van der Waals surface area contributed by atoms with Gasteiger partial charge < -0.3 is 4.42 Å². The molecule has 66 valence electrons. The van der Waals surface area contributed by atoms with E-state index in [0.29, 0.717) is 5.02 Å². The molecule has 0 aliphatic carbocycles. The average molecular weight is 211 g/mol. The highest BCUT2D eigenvalue weighted by Crippen LogP contribution is 2.29. The molecule has 0 aliphatic rings. The second kappa shape index (κ2) is 3.48. The average Bonchev–Trinajstić information content (AvgIpc) is 2.61. The molecule has 0 N–H and O–H groups in total. The lowest BCUT2D eigenvalue weighted by Gasteiger charge is -2.01. The SMILES string of the molecule is Sc1ccc(Cl)cc1-c1ccco1. The number of hydrogen-bond donors (Lipinski definition) is 1. The van der Waals surface area contributed by atoms with Gasteiger partial charge in [0.15, 0.2) is 0 Å². The first kappa shape index (κ1) is 8.73. The molecule has 0 bridgehead atoms. The van der Waals surface area contributed by atoms with E-state index in [1.165, 1.54) is 0 Å². The van der Waals surface area contributed by atoms with Crippen LogP contribution in [-0.4, -0.2) is 0 Å². The first-order valence-electron chi connectivity index (χ1n) is 3.80. The van der Waals surface area contributed by atoms with E-state index in [1.807, 2.05) is 24.3 Å². The minimum atomic E-state index is 0.684. The van der Waals surface area contributed by atoms with Crippen LogP contribution >= 0.6 is 24.2 Å². The minimum Gasteiger partial charge on any atom is -0.464 e. The summed E-state index contributed by atoms with van der Waals surface area (Å²) < 4.78 is 5.25. The summed E-state index contributed by atoms with van der Waals surface area (Å²) in [7, 11) is 0. The van der Waals surface area contributed by atoms with E-state index in [1.54, 1.807) is 12.3 Å². The van der Waals surface area contributed by atoms with Crippen molar-refractivity contribution in [1.82, 2.24) is 0 Å². The van der Waals surface area contributed by atoms with Crippen LogP contribution < -0.4 is 0 Å². The molecule has 0 aliphatic heterocycles. The zero-order valence-electron chi connectivity index (χ0n) is 6.70. The molecule has 13 heavy (non-hydrogen) atoms. The summed E-state index contributed by atoms with van der Waals surface area (Å²) in [6.07, 6.45) is 1.63. The molecule has 0 spiro atoms. The molecule has 1 aromatic heterocycles. The van der Waals surface area contributed by atoms with Gasteiger partial charge in [-0.05, 0) is 30.3 Å². The topological polar surface area (TPSA) is 13.1 Å². The fourth-order valence-corrected chi connectivity index (χ4v) is 1.56. The highest BCUT2D eigenvalue weighted by Gasteiger charge is 2.04. The minimum absolute atomic E-state index is 0.684. The molecule has 1 aromatic carbocycles. The standard InChI is InChI=1S/C10H7ClOS/c11-7-3-4-10(13)8(6-7)9-2-1-5-12-9/h1-6,13H. The Morgan fingerprint density at radius 2 is 2.08 bits per heavy atom. The second-order valence-corrected chi connectivity index (χ2v) is 3.56. The van der Waals surface area contributed by atoms with Gasteiger partial charge in [-0.2, -0.15) is 0 Å². The Kier molecular flexibility index (Phi) is 2.34. The number of hydrogen-bond acceptors (Lipinski definition) is 2. The largest absolute Gasteiger partial charge is 0.464 e. The molecule has 1 heterocycles. The smallest absolute Gasteiger partial charge is 0.135 e. The molecule has 0 unspecified atom stereocenters. The van der Waals surface area contributed by atoms with Crippen molar-refractivity contribution in [2.75, 3.05) is 0 Å². The van der Waals surface area contributed by atoms with Crippen molar-refractivity contribution < 1.29 is 4.42 Å². The van der Waals surface area contributed by atoms with Crippen LogP contribution in [0.25, 0.3) is 11.3 Å². The summed E-state index contributed by atoms with van der Waals surface area (Å²) in [6, 6.07) is 9.21. The van der Waals surface area contributed by atoms with Crippen molar-refractivity contribution in [3.63, 3.8) is 0 Å². The second-order valence-electron chi connectivity index (χ2n) is 2.64. The van der Waals surface area contributed by atoms with Gasteiger partial charge in [0, 0.05) is 15.5 Å². The van der Waals surface area contributed by atoms with Gasteiger partial charge in [0.1, 0.15) is 5.76 Å². The third-order valence-electron chi connectivity index (χ3n) is 1.75. The predicted molar refractivity (Wildman–Crippen MR) is 56.4 cm³/mol. The van der Waals surface area contributed by atoms with E-state index in [9.17, 15) is 0 Å². The predicted octanol–water partition coefficient (Wildman–Crippen LogP) is 3.89. The number of furan rings is 1. The van der Waals surface area contributed by atoms with Crippen molar-refractivity contribution >= 4 is 24.2 Å². The Balaban J connectivity index is 2.57. The summed E-state index contributed by atoms with van der Waals surface area (Å²) >= 11 is 10.2. The molecular weight excluding hydrogens is 204 g/mol. The van der Waals surface area contributed by atoms with E-state index < -0.39 is 0 Å². The molecule has 0 saturated carbocycles. The van der Waals surface area contributed by atoms with Crippen molar-refractivity contribution in [2.45, 2.75) is 4.90 Å². The Bertz CT molecular complexity index is 409. The van der Waals surface area contributed by atoms with Gasteiger partial charge in [-0.3, -0.25) is 0 Å². The third-order valence-corrected chi connectivity index (χ3v) is 2.37. The molecule has 0 atom stereocenters. The molecular formula is C10H7ClOS. The van der Waals surface area contributed by atoms with Crippen molar-refractivity contribution in [2.24, 2.45) is 0 Å². The summed E-state index contributed by atoms with van der Waals surface area (Å²) in [5.74, 6) is 0.785. The first-order chi connectivity index (χ1) is 6.27. The zero-order valence-corrected chi connectivity index (χ0v) is 8.35. The van der Waals surface area contributed by atoms with Gasteiger partial charge in [0.05, 0.1) is 6.26 Å². The summed E-state index contributed by atoms with van der Waals surface area (Å²) in [5.41, 5.74) is 0.917. The zero-order chi connectivity index (χ0) is 9.26. The van der Waals surface area contributed by atoms with Gasteiger partial charge in [-0.15, -0.1) is 12.6 Å². The molecule has 2 aromatic rings. The lowest BCUT2D eigenvalue weighted by molar-refractivity contribution is 0.581. The maximum absolute atomic E-state index is 5.86. The number of halogens is 1. The molecule has 2 rings (SSSR count). The summed E-state index contributed by atoms with van der Waals surface area (Å²) in [4.78, 5) is 0.861. The molecule has 1 nitrogen and oxygen atoms in total. The molecule has 0 fully saturated rings. The lowest BCUT2D eigenvalue weighted by Crippen LogP contribution is -1.76. The van der Waals surface area contributed by atoms with Crippen LogP contribution in [0.4, 0.5) is 0 Å². The quantitative estimate of drug-likeness (QED) is 0.705. The number of thiol groups is 1. The van der Waals surface area contributed by atoms with Gasteiger partial charge >= 0.3 is 0 Å². The molecule has 0 amide bonds. The maximum Gasteiger partial charge on any atom is 0.135 e. The van der Waals surface area contributed by atoms with Crippen molar-refractivity contribution in [3.8, 4) is 11.3 Å². The third kappa shape index (κ3) is 1.74. The van der Waals surface area contributed by atoms with Gasteiger partial charge in [-0.1, -0.05) is 11.6 Å². The van der Waals surface area contributed by atoms with E-state index in [0.717, 1.165) is 16.2 Å². The van der Waals surface area contributed by atoms with Crippen LogP contribution in [0.2, 0.25) is 5.02 Å². The normalized spacial score (nSPS) is 10.3. The number of benzene rings is 1. The highest BCUT2D eigenvalue weighted by atomic mass is 35.5. The highest BCUT2D eigenvalue weighted by molar-refractivity contribution is 7.80. The molecule has 0 saturated heterocycles. The van der Waals surface area contributed by atoms with Gasteiger partial charge in [-0.25, -0.2) is 0 Å². The number of rotatable bonds is 1. The fraction of sp³-hybridized carbons (Fsp3) is 0. The van der Waals surface area contributed by atoms with Crippen LogP contribution in [0, 0.1) is 0 Å². The van der Waals surface area contributed by atoms with Crippen LogP contribution in [0.15, 0.2) is 45.9 Å². The lowest BCUT2D eigenvalue weighted by atomic mass is 10.2. The van der Waals surface area contributed by atoms with E-state index in [2.05, 4.69) is 12.6 Å². The maximum atomic E-state index is 5.86. The molecule has 0 radical (unpaired) electrons. The van der Waals surface area contributed by atoms with Crippen LogP contribution in [0.3, 0.4) is 0 Å². The van der Waals surface area contributed by atoms with Crippen molar-refractivity contribution in [1.29, 1.82) is 0 Å². The van der Waals surface area contributed by atoms with Crippen LogP contribution in [-0.2, 0) is 0 Å². The van der Waals surface area contributed by atoms with E-state index >= 15 is 0 Å². The van der Waals surface area contributed by atoms with Gasteiger partial charge in [0.25, 0.3) is 0 Å². The van der Waals surface area contributed by atoms with Crippen LogP contribution in [0.5, 0.6) is 0 Å². The van der Waals surface area contributed by atoms with Gasteiger partial charge in [0.2, 0.25) is 0 Å². The van der Waals surface area contributed by atoms with Crippen LogP contribution in [0.1, 0.15) is 0 Å². The van der Waals surface area contributed by atoms with E-state index in [4.69, 9.17) is 16.0 Å². The summed E-state index contributed by atoms with van der Waals surface area (Å²) in [5, 5.41) is 0.684. The summed E-state index contributed by atoms with van der Waals surface area (Å²) in [6.45, 7) is 0. The monoisotopic (exact) mass is 210 g/mol. The Hall–Kier alpha value is -0.860. The Labute approximate surface area is 86.7 Å².